The molecule has 0 radical (unpaired) electrons. The molecular weight excluding hydrogens is 185 g/mol. The Hall–Kier alpha value is -1.04. The van der Waals surface area contributed by atoms with Gasteiger partial charge in [0.2, 0.25) is 0 Å². The highest BCUT2D eigenvalue weighted by atomic mass is 19.4. The summed E-state index contributed by atoms with van der Waals surface area (Å²) in [4.78, 5) is 10.2. The maximum absolute atomic E-state index is 12.1. The van der Waals surface area contributed by atoms with Crippen molar-refractivity contribution < 1.29 is 18.0 Å². The van der Waals surface area contributed by atoms with Gasteiger partial charge in [0.25, 0.3) is 0 Å². The van der Waals surface area contributed by atoms with Crippen LogP contribution in [0.15, 0.2) is 11.8 Å². The first kappa shape index (κ1) is 12.0. The number of likely N-dealkylation sites (N-methyl/N-ethyl adjacent to an activating group) is 2. The molecule has 76 valence electrons. The number of allylic oxidation sites excluding steroid dienone is 1. The van der Waals surface area contributed by atoms with E-state index in [0.29, 0.717) is 6.29 Å². The predicted molar refractivity (Wildman–Crippen MR) is 42.1 cm³/mol. The van der Waals surface area contributed by atoms with Gasteiger partial charge in [-0.25, -0.2) is 0 Å². The van der Waals surface area contributed by atoms with E-state index in [4.69, 9.17) is 0 Å². The molecule has 0 fully saturated rings. The lowest BCUT2D eigenvalue weighted by atomic mass is 10.2. The molecule has 13 heavy (non-hydrogen) atoms. The fraction of sp³-hybridized carbons (Fsp3) is 0.571. The van der Waals surface area contributed by atoms with E-state index in [-0.39, 0.29) is 5.70 Å². The zero-order valence-corrected chi connectivity index (χ0v) is 7.27. The molecule has 0 aromatic carbocycles. The molecule has 0 rings (SSSR count). The van der Waals surface area contributed by atoms with Crippen molar-refractivity contribution >= 4 is 6.29 Å². The second-order valence-electron chi connectivity index (χ2n) is 2.30. The molecule has 1 unspecified atom stereocenters. The standard InChI is InChI=1S/C7H11F3N2O/c1-11-5(4-13)3-6(12-2)7(8,9)10/h3-4,6,11-12H,1-2H3/b5-3-. The Labute approximate surface area is 74.0 Å². The molecule has 0 bridgehead atoms. The Bertz CT molecular complexity index is 200. The van der Waals surface area contributed by atoms with Gasteiger partial charge in [-0.2, -0.15) is 13.2 Å². The number of hydrogen-bond donors (Lipinski definition) is 2. The number of alkyl halides is 3. The highest BCUT2D eigenvalue weighted by Gasteiger charge is 2.37. The van der Waals surface area contributed by atoms with Crippen LogP contribution < -0.4 is 10.6 Å². The van der Waals surface area contributed by atoms with Crippen LogP contribution in [0.3, 0.4) is 0 Å². The molecule has 6 heteroatoms. The van der Waals surface area contributed by atoms with Crippen molar-refractivity contribution in [2.24, 2.45) is 0 Å². The Kier molecular flexibility index (Phi) is 4.47. The maximum atomic E-state index is 12.1. The maximum Gasteiger partial charge on any atom is 0.407 e. The summed E-state index contributed by atoms with van der Waals surface area (Å²) in [7, 11) is 2.55. The highest BCUT2D eigenvalue weighted by Crippen LogP contribution is 2.20. The van der Waals surface area contributed by atoms with Crippen LogP contribution in [0.2, 0.25) is 0 Å². The first-order chi connectivity index (χ1) is 5.95. The largest absolute Gasteiger partial charge is 0.407 e. The summed E-state index contributed by atoms with van der Waals surface area (Å²) < 4.78 is 36.3. The quantitative estimate of drug-likeness (QED) is 0.506. The van der Waals surface area contributed by atoms with E-state index < -0.39 is 12.2 Å². The number of aldehydes is 1. The van der Waals surface area contributed by atoms with Crippen LogP contribution in [-0.4, -0.2) is 32.6 Å². The van der Waals surface area contributed by atoms with E-state index in [1.165, 1.54) is 14.1 Å². The molecule has 0 aliphatic rings. The monoisotopic (exact) mass is 196 g/mol. The molecule has 0 aromatic heterocycles. The lowest BCUT2D eigenvalue weighted by molar-refractivity contribution is -0.143. The van der Waals surface area contributed by atoms with E-state index in [9.17, 15) is 18.0 Å². The molecule has 3 nitrogen and oxygen atoms in total. The lowest BCUT2D eigenvalue weighted by Crippen LogP contribution is -2.39. The molecule has 0 aromatic rings. The summed E-state index contributed by atoms with van der Waals surface area (Å²) in [5.74, 6) is 0. The van der Waals surface area contributed by atoms with Crippen LogP contribution in [0.5, 0.6) is 0 Å². The van der Waals surface area contributed by atoms with Gasteiger partial charge in [0.15, 0.2) is 6.29 Å². The van der Waals surface area contributed by atoms with E-state index >= 15 is 0 Å². The third-order valence-electron chi connectivity index (χ3n) is 1.43. The second-order valence-corrected chi connectivity index (χ2v) is 2.30. The molecule has 0 spiro atoms. The minimum absolute atomic E-state index is 0.100. The number of rotatable bonds is 4. The Balaban J connectivity index is 4.60. The topological polar surface area (TPSA) is 41.1 Å². The summed E-state index contributed by atoms with van der Waals surface area (Å²) in [5, 5.41) is 4.38. The molecule has 0 amide bonds. The highest BCUT2D eigenvalue weighted by molar-refractivity contribution is 5.72. The number of halogens is 3. The normalized spacial score (nSPS) is 15.3. The van der Waals surface area contributed by atoms with Crippen molar-refractivity contribution in [3.63, 3.8) is 0 Å². The lowest BCUT2D eigenvalue weighted by Gasteiger charge is -2.16. The molecule has 0 heterocycles. The molecule has 0 aliphatic heterocycles. The molecule has 2 N–H and O–H groups in total. The number of nitrogens with one attached hydrogen (secondary N) is 2. The third-order valence-corrected chi connectivity index (χ3v) is 1.43. The minimum Gasteiger partial charge on any atom is -0.386 e. The number of carbonyl (C=O) groups is 1. The summed E-state index contributed by atoms with van der Waals surface area (Å²) in [6, 6.07) is -1.81. The predicted octanol–water partition coefficient (Wildman–Crippen LogP) is 0.439. The summed E-state index contributed by atoms with van der Waals surface area (Å²) in [6.45, 7) is 0. The van der Waals surface area contributed by atoms with Gasteiger partial charge in [-0.15, -0.1) is 0 Å². The number of hydrogen-bond acceptors (Lipinski definition) is 3. The second kappa shape index (κ2) is 4.86. The molecule has 0 saturated carbocycles. The van der Waals surface area contributed by atoms with Crippen LogP contribution >= 0.6 is 0 Å². The van der Waals surface area contributed by atoms with E-state index in [2.05, 4.69) is 5.32 Å². The van der Waals surface area contributed by atoms with Gasteiger partial charge >= 0.3 is 6.18 Å². The van der Waals surface area contributed by atoms with E-state index in [1.54, 1.807) is 0 Å². The molecular formula is C7H11F3N2O. The van der Waals surface area contributed by atoms with Crippen molar-refractivity contribution in [2.45, 2.75) is 12.2 Å². The smallest absolute Gasteiger partial charge is 0.386 e. The van der Waals surface area contributed by atoms with Gasteiger partial charge in [0, 0.05) is 7.05 Å². The SMILES string of the molecule is CN/C(C=O)=C\C(NC)C(F)(F)F. The Morgan fingerprint density at radius 3 is 2.15 bits per heavy atom. The van der Waals surface area contributed by atoms with Crippen LogP contribution in [0.4, 0.5) is 13.2 Å². The average Bonchev–Trinajstić information content (AvgIpc) is 2.04. The van der Waals surface area contributed by atoms with Gasteiger partial charge in [-0.3, -0.25) is 4.79 Å². The van der Waals surface area contributed by atoms with Crippen LogP contribution in [0, 0.1) is 0 Å². The summed E-state index contributed by atoms with van der Waals surface area (Å²) in [5.41, 5.74) is -0.100. The van der Waals surface area contributed by atoms with Crippen LogP contribution in [0.1, 0.15) is 0 Å². The first-order valence-corrected chi connectivity index (χ1v) is 3.54. The summed E-state index contributed by atoms with van der Waals surface area (Å²) >= 11 is 0. The fourth-order valence-electron chi connectivity index (χ4n) is 0.703. The minimum atomic E-state index is -4.39. The Morgan fingerprint density at radius 1 is 1.38 bits per heavy atom. The van der Waals surface area contributed by atoms with Crippen molar-refractivity contribution in [1.29, 1.82) is 0 Å². The Morgan fingerprint density at radius 2 is 1.92 bits per heavy atom. The average molecular weight is 196 g/mol. The summed E-state index contributed by atoms with van der Waals surface area (Å²) in [6.07, 6.45) is -3.27. The zero-order valence-electron chi connectivity index (χ0n) is 7.27. The van der Waals surface area contributed by atoms with Crippen molar-refractivity contribution in [3.05, 3.63) is 11.8 Å². The molecule has 1 atom stereocenters. The fourth-order valence-corrected chi connectivity index (χ4v) is 0.703. The van der Waals surface area contributed by atoms with Gasteiger partial charge in [-0.1, -0.05) is 0 Å². The van der Waals surface area contributed by atoms with Gasteiger partial charge < -0.3 is 10.6 Å². The van der Waals surface area contributed by atoms with Crippen LogP contribution in [0.25, 0.3) is 0 Å². The first-order valence-electron chi connectivity index (χ1n) is 3.54. The van der Waals surface area contributed by atoms with Gasteiger partial charge in [-0.05, 0) is 13.1 Å². The van der Waals surface area contributed by atoms with Gasteiger partial charge in [0.05, 0.1) is 5.70 Å². The number of carbonyl (C=O) groups excluding carboxylic acids is 1. The molecule has 0 aliphatic carbocycles. The van der Waals surface area contributed by atoms with Crippen molar-refractivity contribution in [3.8, 4) is 0 Å². The zero-order chi connectivity index (χ0) is 10.5. The van der Waals surface area contributed by atoms with Crippen LogP contribution in [-0.2, 0) is 4.79 Å². The van der Waals surface area contributed by atoms with Gasteiger partial charge in [0.1, 0.15) is 6.04 Å². The van der Waals surface area contributed by atoms with Crippen molar-refractivity contribution in [1.82, 2.24) is 10.6 Å². The van der Waals surface area contributed by atoms with Crippen molar-refractivity contribution in [2.75, 3.05) is 14.1 Å². The van der Waals surface area contributed by atoms with E-state index in [1.807, 2.05) is 5.32 Å². The third kappa shape index (κ3) is 3.93. The molecule has 0 saturated heterocycles. The van der Waals surface area contributed by atoms with E-state index in [0.717, 1.165) is 6.08 Å².